The van der Waals surface area contributed by atoms with E-state index in [1.54, 1.807) is 14.2 Å². The molecule has 138 valence electrons. The Kier molecular flexibility index (Phi) is 4.44. The lowest BCUT2D eigenvalue weighted by atomic mass is 9.81. The van der Waals surface area contributed by atoms with Gasteiger partial charge >= 0.3 is 0 Å². The Morgan fingerprint density at radius 2 is 1.52 bits per heavy atom. The number of carbonyl (C=O) groups excluding carboxylic acids is 1. The van der Waals surface area contributed by atoms with Crippen molar-refractivity contribution in [3.05, 3.63) is 71.0 Å². The number of rotatable bonds is 4. The molecule has 1 aliphatic carbocycles. The number of hydrogen-bond acceptors (Lipinski definition) is 4. The lowest BCUT2D eigenvalue weighted by molar-refractivity contribution is 0.0963. The first-order valence-electron chi connectivity index (χ1n) is 9.00. The summed E-state index contributed by atoms with van der Waals surface area (Å²) in [5.74, 6) is 1.92. The molecule has 5 nitrogen and oxygen atoms in total. The average Bonchev–Trinajstić information content (AvgIpc) is 3.05. The van der Waals surface area contributed by atoms with Crippen LogP contribution in [0.25, 0.3) is 5.69 Å². The highest BCUT2D eigenvalue weighted by Crippen LogP contribution is 2.35. The van der Waals surface area contributed by atoms with Crippen LogP contribution in [0.1, 0.15) is 39.6 Å². The number of ether oxygens (including phenoxy) is 2. The van der Waals surface area contributed by atoms with Crippen LogP contribution in [0.15, 0.2) is 48.5 Å². The molecule has 2 aromatic carbocycles. The molecule has 0 aliphatic heterocycles. The van der Waals surface area contributed by atoms with E-state index in [2.05, 4.69) is 5.10 Å². The van der Waals surface area contributed by atoms with Gasteiger partial charge in [-0.05, 0) is 61.2 Å². The Labute approximate surface area is 158 Å². The minimum atomic E-state index is 0.143. The highest BCUT2D eigenvalue weighted by molar-refractivity contribution is 6.00. The molecule has 1 aliphatic rings. The number of carbonyl (C=O) groups is 1. The largest absolute Gasteiger partial charge is 0.497 e. The van der Waals surface area contributed by atoms with E-state index in [0.29, 0.717) is 6.42 Å². The summed E-state index contributed by atoms with van der Waals surface area (Å²) in [7, 11) is 3.30. The van der Waals surface area contributed by atoms with Gasteiger partial charge in [0, 0.05) is 6.42 Å². The topological polar surface area (TPSA) is 53.3 Å². The zero-order chi connectivity index (χ0) is 19.0. The van der Waals surface area contributed by atoms with Gasteiger partial charge in [-0.1, -0.05) is 12.1 Å². The Bertz CT molecular complexity index is 972. The van der Waals surface area contributed by atoms with Crippen LogP contribution in [-0.2, 0) is 6.42 Å². The van der Waals surface area contributed by atoms with Crippen molar-refractivity contribution in [1.82, 2.24) is 9.78 Å². The Balaban J connectivity index is 1.72. The predicted molar refractivity (Wildman–Crippen MR) is 103 cm³/mol. The van der Waals surface area contributed by atoms with Gasteiger partial charge < -0.3 is 9.47 Å². The second-order valence-electron chi connectivity index (χ2n) is 6.82. The number of aryl methyl sites for hydroxylation is 1. The van der Waals surface area contributed by atoms with Gasteiger partial charge in [0.05, 0.1) is 36.9 Å². The minimum absolute atomic E-state index is 0.143. The third-order valence-corrected chi connectivity index (χ3v) is 5.21. The standard InChI is InChI=1S/C22H22N2O3/c1-14-22-20(24(23-14)17-6-10-19(27-3)11-7-17)12-16(13-21(22)25)15-4-8-18(26-2)9-5-15/h4-11,16H,12-13H2,1-3H3/t16-/m1/s1. The fourth-order valence-corrected chi connectivity index (χ4v) is 3.81. The van der Waals surface area contributed by atoms with Crippen LogP contribution < -0.4 is 9.47 Å². The molecule has 0 fully saturated rings. The maximum Gasteiger partial charge on any atom is 0.167 e. The number of Topliss-reactive ketones (excluding diaryl/α,β-unsaturated/α-hetero) is 1. The zero-order valence-electron chi connectivity index (χ0n) is 15.7. The van der Waals surface area contributed by atoms with Crippen LogP contribution in [0.2, 0.25) is 0 Å². The van der Waals surface area contributed by atoms with Crippen molar-refractivity contribution in [3.63, 3.8) is 0 Å². The van der Waals surface area contributed by atoms with Crippen molar-refractivity contribution in [3.8, 4) is 17.2 Å². The third-order valence-electron chi connectivity index (χ3n) is 5.21. The van der Waals surface area contributed by atoms with Crippen LogP contribution in [0, 0.1) is 6.92 Å². The van der Waals surface area contributed by atoms with Crippen LogP contribution >= 0.6 is 0 Å². The Hall–Kier alpha value is -3.08. The molecule has 0 saturated heterocycles. The van der Waals surface area contributed by atoms with Gasteiger partial charge in [-0.25, -0.2) is 4.68 Å². The predicted octanol–water partition coefficient (Wildman–Crippen LogP) is 4.11. The molecule has 4 rings (SSSR count). The fourth-order valence-electron chi connectivity index (χ4n) is 3.81. The third kappa shape index (κ3) is 3.10. The van der Waals surface area contributed by atoms with Gasteiger partial charge in [-0.3, -0.25) is 4.79 Å². The molecule has 0 amide bonds. The van der Waals surface area contributed by atoms with Crippen molar-refractivity contribution < 1.29 is 14.3 Å². The molecule has 1 heterocycles. The van der Waals surface area contributed by atoms with Gasteiger partial charge in [0.1, 0.15) is 11.5 Å². The quantitative estimate of drug-likeness (QED) is 0.701. The van der Waals surface area contributed by atoms with Crippen LogP contribution in [0.3, 0.4) is 0 Å². The van der Waals surface area contributed by atoms with Crippen molar-refractivity contribution in [2.24, 2.45) is 0 Å². The monoisotopic (exact) mass is 362 g/mol. The highest BCUT2D eigenvalue weighted by Gasteiger charge is 2.32. The smallest absolute Gasteiger partial charge is 0.167 e. The second-order valence-corrected chi connectivity index (χ2v) is 6.82. The molecule has 0 saturated carbocycles. The van der Waals surface area contributed by atoms with Gasteiger partial charge in [0.25, 0.3) is 0 Å². The first-order chi connectivity index (χ1) is 13.1. The van der Waals surface area contributed by atoms with E-state index in [1.165, 1.54) is 0 Å². The highest BCUT2D eigenvalue weighted by atomic mass is 16.5. The maximum absolute atomic E-state index is 12.9. The van der Waals surface area contributed by atoms with Crippen molar-refractivity contribution in [2.45, 2.75) is 25.7 Å². The number of fused-ring (bicyclic) bond motifs is 1. The Morgan fingerprint density at radius 1 is 0.926 bits per heavy atom. The SMILES string of the molecule is COc1ccc([C@H]2CC(=O)c3c(C)nn(-c4ccc(OC)cc4)c3C2)cc1. The minimum Gasteiger partial charge on any atom is -0.497 e. The van der Waals surface area contributed by atoms with Gasteiger partial charge in [-0.2, -0.15) is 5.10 Å². The molecule has 0 spiro atoms. The molecule has 0 radical (unpaired) electrons. The molecule has 0 N–H and O–H groups in total. The van der Waals surface area contributed by atoms with E-state index in [-0.39, 0.29) is 11.7 Å². The summed E-state index contributed by atoms with van der Waals surface area (Å²) >= 11 is 0. The molecule has 3 aromatic rings. The second kappa shape index (κ2) is 6.91. The van der Waals surface area contributed by atoms with Crippen molar-refractivity contribution in [1.29, 1.82) is 0 Å². The molecule has 1 aromatic heterocycles. The number of ketones is 1. The molecule has 0 unspecified atom stereocenters. The number of aromatic nitrogens is 2. The van der Waals surface area contributed by atoms with Crippen molar-refractivity contribution in [2.75, 3.05) is 14.2 Å². The number of benzene rings is 2. The molecular formula is C22H22N2O3. The summed E-state index contributed by atoms with van der Waals surface area (Å²) in [5, 5.41) is 4.66. The van der Waals surface area contributed by atoms with Crippen LogP contribution in [0.4, 0.5) is 0 Å². The van der Waals surface area contributed by atoms with E-state index < -0.39 is 0 Å². The lowest BCUT2D eigenvalue weighted by Gasteiger charge is -2.23. The van der Waals surface area contributed by atoms with E-state index in [0.717, 1.165) is 46.1 Å². The number of methoxy groups -OCH3 is 2. The summed E-state index contributed by atoms with van der Waals surface area (Å²) in [6, 6.07) is 15.7. The first kappa shape index (κ1) is 17.3. The van der Waals surface area contributed by atoms with E-state index >= 15 is 0 Å². The van der Waals surface area contributed by atoms with E-state index in [9.17, 15) is 4.79 Å². The average molecular weight is 362 g/mol. The molecular weight excluding hydrogens is 340 g/mol. The van der Waals surface area contributed by atoms with Crippen molar-refractivity contribution >= 4 is 5.78 Å². The first-order valence-corrected chi connectivity index (χ1v) is 9.00. The normalized spacial score (nSPS) is 16.1. The van der Waals surface area contributed by atoms with E-state index in [4.69, 9.17) is 9.47 Å². The zero-order valence-corrected chi connectivity index (χ0v) is 15.7. The molecule has 27 heavy (non-hydrogen) atoms. The van der Waals surface area contributed by atoms with Crippen LogP contribution in [-0.4, -0.2) is 29.8 Å². The summed E-state index contributed by atoms with van der Waals surface area (Å²) in [6.07, 6.45) is 1.29. The van der Waals surface area contributed by atoms with E-state index in [1.807, 2.05) is 60.1 Å². The maximum atomic E-state index is 12.9. The summed E-state index contributed by atoms with van der Waals surface area (Å²) in [6.45, 7) is 1.91. The fraction of sp³-hybridized carbons (Fsp3) is 0.273. The Morgan fingerprint density at radius 3 is 2.11 bits per heavy atom. The van der Waals surface area contributed by atoms with Crippen LogP contribution in [0.5, 0.6) is 11.5 Å². The van der Waals surface area contributed by atoms with Gasteiger partial charge in [-0.15, -0.1) is 0 Å². The molecule has 5 heteroatoms. The summed E-state index contributed by atoms with van der Waals surface area (Å²) in [5.41, 5.74) is 4.63. The molecule has 1 atom stereocenters. The lowest BCUT2D eigenvalue weighted by Crippen LogP contribution is -2.20. The van der Waals surface area contributed by atoms with Gasteiger partial charge in [0.15, 0.2) is 5.78 Å². The molecule has 0 bridgehead atoms. The number of nitrogens with zero attached hydrogens (tertiary/aromatic N) is 2. The van der Waals surface area contributed by atoms with Gasteiger partial charge in [0.2, 0.25) is 0 Å². The summed E-state index contributed by atoms with van der Waals surface area (Å²) in [4.78, 5) is 12.9. The number of hydrogen-bond donors (Lipinski definition) is 0. The summed E-state index contributed by atoms with van der Waals surface area (Å²) < 4.78 is 12.4.